The second kappa shape index (κ2) is 3.81. The van der Waals surface area contributed by atoms with Crippen molar-refractivity contribution in [1.82, 2.24) is 0 Å². The maximum atomic E-state index is 9.70. The molecule has 0 saturated carbocycles. The van der Waals surface area contributed by atoms with Crippen molar-refractivity contribution in [2.75, 3.05) is 6.61 Å². The molecule has 0 spiro atoms. The van der Waals surface area contributed by atoms with Gasteiger partial charge in [0.2, 0.25) is 0 Å². The Hall–Kier alpha value is -1.70. The summed E-state index contributed by atoms with van der Waals surface area (Å²) in [6.45, 7) is 4.61. The monoisotopic (exact) mass is 202 g/mol. The predicted molar refractivity (Wildman–Crippen MR) is 61.5 cm³/mol. The van der Waals surface area contributed by atoms with Gasteiger partial charge in [-0.15, -0.1) is 0 Å². The Balaban J connectivity index is 2.72. The molecule has 0 aliphatic carbocycles. The molecule has 0 amide bonds. The molecule has 0 heterocycles. The summed E-state index contributed by atoms with van der Waals surface area (Å²) in [6, 6.07) is 9.41. The second-order valence-corrected chi connectivity index (χ2v) is 3.56. The molecule has 2 aromatic carbocycles. The molecule has 0 aliphatic rings. The zero-order valence-electron chi connectivity index (χ0n) is 8.95. The summed E-state index contributed by atoms with van der Waals surface area (Å²) < 4.78 is 5.52. The molecule has 0 fully saturated rings. The fourth-order valence-corrected chi connectivity index (χ4v) is 1.70. The average Bonchev–Trinajstić information content (AvgIpc) is 2.22. The van der Waals surface area contributed by atoms with Gasteiger partial charge in [-0.3, -0.25) is 0 Å². The van der Waals surface area contributed by atoms with Gasteiger partial charge in [0.1, 0.15) is 11.5 Å². The zero-order chi connectivity index (χ0) is 10.8. The van der Waals surface area contributed by atoms with E-state index >= 15 is 0 Å². The minimum Gasteiger partial charge on any atom is -0.507 e. The van der Waals surface area contributed by atoms with Crippen LogP contribution in [0, 0.1) is 6.92 Å². The molecule has 2 aromatic rings. The van der Waals surface area contributed by atoms with Crippen molar-refractivity contribution in [2.24, 2.45) is 0 Å². The van der Waals surface area contributed by atoms with Gasteiger partial charge >= 0.3 is 0 Å². The second-order valence-electron chi connectivity index (χ2n) is 3.56. The number of rotatable bonds is 2. The van der Waals surface area contributed by atoms with Crippen LogP contribution >= 0.6 is 0 Å². The van der Waals surface area contributed by atoms with Crippen molar-refractivity contribution in [2.45, 2.75) is 13.8 Å². The summed E-state index contributed by atoms with van der Waals surface area (Å²) in [4.78, 5) is 0. The standard InChI is InChI=1S/C13H14O2/c1-3-15-13-7-6-12(14)10-5-4-9(2)8-11(10)13/h4-8,14H,3H2,1-2H3. The van der Waals surface area contributed by atoms with Crippen molar-refractivity contribution in [3.05, 3.63) is 35.9 Å². The first-order chi connectivity index (χ1) is 7.22. The molecule has 1 N–H and O–H groups in total. The first-order valence-electron chi connectivity index (χ1n) is 5.07. The number of hydrogen-bond acceptors (Lipinski definition) is 2. The topological polar surface area (TPSA) is 29.5 Å². The first kappa shape index (κ1) is 9.84. The van der Waals surface area contributed by atoms with E-state index in [4.69, 9.17) is 4.74 Å². The molecule has 2 rings (SSSR count). The third kappa shape index (κ3) is 1.75. The third-order valence-electron chi connectivity index (χ3n) is 2.41. The highest BCUT2D eigenvalue weighted by atomic mass is 16.5. The lowest BCUT2D eigenvalue weighted by atomic mass is 10.1. The Morgan fingerprint density at radius 1 is 1.13 bits per heavy atom. The van der Waals surface area contributed by atoms with E-state index < -0.39 is 0 Å². The van der Waals surface area contributed by atoms with Gasteiger partial charge in [0, 0.05) is 10.8 Å². The SMILES string of the molecule is CCOc1ccc(O)c2ccc(C)cc12. The van der Waals surface area contributed by atoms with E-state index in [0.29, 0.717) is 12.4 Å². The first-order valence-corrected chi connectivity index (χ1v) is 5.07. The average molecular weight is 202 g/mol. The molecule has 0 radical (unpaired) electrons. The van der Waals surface area contributed by atoms with Crippen LogP contribution in [0.3, 0.4) is 0 Å². The van der Waals surface area contributed by atoms with Crippen molar-refractivity contribution in [3.8, 4) is 11.5 Å². The zero-order valence-corrected chi connectivity index (χ0v) is 8.95. The van der Waals surface area contributed by atoms with E-state index in [1.165, 1.54) is 0 Å². The summed E-state index contributed by atoms with van der Waals surface area (Å²) in [5.41, 5.74) is 1.16. The molecule has 0 unspecified atom stereocenters. The van der Waals surface area contributed by atoms with E-state index in [-0.39, 0.29) is 0 Å². The Kier molecular flexibility index (Phi) is 2.50. The van der Waals surface area contributed by atoms with Crippen LogP contribution in [0.4, 0.5) is 0 Å². The van der Waals surface area contributed by atoms with Gasteiger partial charge in [-0.1, -0.05) is 17.7 Å². The number of phenolic OH excluding ortho intramolecular Hbond substituents is 1. The Morgan fingerprint density at radius 3 is 2.67 bits per heavy atom. The van der Waals surface area contributed by atoms with Crippen molar-refractivity contribution in [3.63, 3.8) is 0 Å². The number of ether oxygens (including phenoxy) is 1. The number of benzene rings is 2. The lowest BCUT2D eigenvalue weighted by molar-refractivity contribution is 0.344. The summed E-state index contributed by atoms with van der Waals surface area (Å²) in [7, 11) is 0. The highest BCUT2D eigenvalue weighted by Crippen LogP contribution is 2.32. The van der Waals surface area contributed by atoms with Crippen molar-refractivity contribution >= 4 is 10.8 Å². The lowest BCUT2D eigenvalue weighted by Crippen LogP contribution is -1.92. The van der Waals surface area contributed by atoms with E-state index in [1.807, 2.05) is 32.0 Å². The molecule has 0 aromatic heterocycles. The summed E-state index contributed by atoms with van der Waals surface area (Å²) in [5.74, 6) is 1.13. The summed E-state index contributed by atoms with van der Waals surface area (Å²) in [6.07, 6.45) is 0. The molecule has 0 bridgehead atoms. The van der Waals surface area contributed by atoms with E-state index in [9.17, 15) is 5.11 Å². The third-order valence-corrected chi connectivity index (χ3v) is 2.41. The van der Waals surface area contributed by atoms with E-state index in [1.54, 1.807) is 12.1 Å². The fraction of sp³-hybridized carbons (Fsp3) is 0.231. The molecule has 0 saturated heterocycles. The van der Waals surface area contributed by atoms with Gasteiger partial charge in [-0.05, 0) is 32.0 Å². The Labute approximate surface area is 89.1 Å². The van der Waals surface area contributed by atoms with Crippen LogP contribution in [0.5, 0.6) is 11.5 Å². The van der Waals surface area contributed by atoms with Crippen molar-refractivity contribution in [1.29, 1.82) is 0 Å². The summed E-state index contributed by atoms with van der Waals surface area (Å²) in [5, 5.41) is 11.5. The number of hydrogen-bond donors (Lipinski definition) is 1. The minimum absolute atomic E-state index is 0.299. The van der Waals surface area contributed by atoms with Crippen LogP contribution in [-0.4, -0.2) is 11.7 Å². The normalized spacial score (nSPS) is 10.5. The molecular weight excluding hydrogens is 188 g/mol. The Bertz CT molecular complexity index is 489. The van der Waals surface area contributed by atoms with Crippen LogP contribution in [0.1, 0.15) is 12.5 Å². The predicted octanol–water partition coefficient (Wildman–Crippen LogP) is 3.25. The number of aryl methyl sites for hydroxylation is 1. The van der Waals surface area contributed by atoms with Gasteiger partial charge in [0.05, 0.1) is 6.61 Å². The van der Waals surface area contributed by atoms with Gasteiger partial charge in [0.25, 0.3) is 0 Å². The largest absolute Gasteiger partial charge is 0.507 e. The molecule has 2 nitrogen and oxygen atoms in total. The molecule has 2 heteroatoms. The fourth-order valence-electron chi connectivity index (χ4n) is 1.70. The van der Waals surface area contributed by atoms with Gasteiger partial charge < -0.3 is 9.84 Å². The molecular formula is C13H14O2. The molecule has 78 valence electrons. The maximum Gasteiger partial charge on any atom is 0.127 e. The molecule has 0 atom stereocenters. The Morgan fingerprint density at radius 2 is 1.93 bits per heavy atom. The van der Waals surface area contributed by atoms with Gasteiger partial charge in [0.15, 0.2) is 0 Å². The number of phenols is 1. The smallest absolute Gasteiger partial charge is 0.127 e. The van der Waals surface area contributed by atoms with Crippen LogP contribution in [0.2, 0.25) is 0 Å². The highest BCUT2D eigenvalue weighted by Gasteiger charge is 2.05. The minimum atomic E-state index is 0.299. The maximum absolute atomic E-state index is 9.70. The quantitative estimate of drug-likeness (QED) is 0.810. The summed E-state index contributed by atoms with van der Waals surface area (Å²) >= 11 is 0. The van der Waals surface area contributed by atoms with Crippen molar-refractivity contribution < 1.29 is 9.84 Å². The highest BCUT2D eigenvalue weighted by molar-refractivity contribution is 5.93. The van der Waals surface area contributed by atoms with Gasteiger partial charge in [-0.2, -0.15) is 0 Å². The molecule has 15 heavy (non-hydrogen) atoms. The van der Waals surface area contributed by atoms with Gasteiger partial charge in [-0.25, -0.2) is 0 Å². The lowest BCUT2D eigenvalue weighted by Gasteiger charge is -2.09. The van der Waals surface area contributed by atoms with Crippen LogP contribution in [0.25, 0.3) is 10.8 Å². The van der Waals surface area contributed by atoms with Crippen LogP contribution < -0.4 is 4.74 Å². The van der Waals surface area contributed by atoms with Crippen LogP contribution in [-0.2, 0) is 0 Å². The molecule has 0 aliphatic heterocycles. The number of aromatic hydroxyl groups is 1. The number of fused-ring (bicyclic) bond motifs is 1. The van der Waals surface area contributed by atoms with Crippen LogP contribution in [0.15, 0.2) is 30.3 Å². The van der Waals surface area contributed by atoms with E-state index in [0.717, 1.165) is 22.1 Å². The van der Waals surface area contributed by atoms with E-state index in [2.05, 4.69) is 0 Å².